The molecule has 5 rings (SSSR count). The van der Waals surface area contributed by atoms with Gasteiger partial charge in [0.15, 0.2) is 11.5 Å². The van der Waals surface area contributed by atoms with Gasteiger partial charge in [0.2, 0.25) is 5.95 Å². The SMILES string of the molecule is C[C@@H](Nc1nc(N)c2c(-c3ccn4nccc4n3)ccn2n1)C1CC1. The molecule has 0 aliphatic heterocycles. The van der Waals surface area contributed by atoms with E-state index in [2.05, 4.69) is 32.4 Å². The molecular formula is C17H18N8. The predicted molar refractivity (Wildman–Crippen MR) is 95.2 cm³/mol. The molecule has 126 valence electrons. The van der Waals surface area contributed by atoms with Crippen LogP contribution in [-0.4, -0.2) is 35.2 Å². The Morgan fingerprint density at radius 3 is 2.84 bits per heavy atom. The molecule has 1 fully saturated rings. The summed E-state index contributed by atoms with van der Waals surface area (Å²) >= 11 is 0. The van der Waals surface area contributed by atoms with Crippen molar-refractivity contribution in [3.05, 3.63) is 36.8 Å². The highest BCUT2D eigenvalue weighted by molar-refractivity contribution is 5.86. The number of nitrogens with two attached hydrogens (primary N) is 1. The van der Waals surface area contributed by atoms with Gasteiger partial charge in [0.1, 0.15) is 5.52 Å². The van der Waals surface area contributed by atoms with Crippen molar-refractivity contribution >= 4 is 22.9 Å². The Morgan fingerprint density at radius 2 is 2.00 bits per heavy atom. The third-order valence-electron chi connectivity index (χ3n) is 4.76. The topological polar surface area (TPSA) is 98.4 Å². The lowest BCUT2D eigenvalue weighted by Crippen LogP contribution is -2.20. The summed E-state index contributed by atoms with van der Waals surface area (Å²) in [6.07, 6.45) is 8.02. The van der Waals surface area contributed by atoms with E-state index in [-0.39, 0.29) is 0 Å². The zero-order chi connectivity index (χ0) is 17.0. The van der Waals surface area contributed by atoms with Crippen molar-refractivity contribution in [2.45, 2.75) is 25.8 Å². The molecule has 1 atom stereocenters. The summed E-state index contributed by atoms with van der Waals surface area (Å²) in [5.41, 5.74) is 9.52. The van der Waals surface area contributed by atoms with E-state index in [1.807, 2.05) is 30.6 Å². The molecule has 25 heavy (non-hydrogen) atoms. The molecule has 1 aliphatic carbocycles. The van der Waals surface area contributed by atoms with Gasteiger partial charge in [-0.05, 0) is 37.8 Å². The molecule has 0 spiro atoms. The maximum atomic E-state index is 6.24. The van der Waals surface area contributed by atoms with Gasteiger partial charge in [-0.3, -0.25) is 0 Å². The van der Waals surface area contributed by atoms with Crippen LogP contribution in [0.25, 0.3) is 22.4 Å². The van der Waals surface area contributed by atoms with Crippen LogP contribution in [0.3, 0.4) is 0 Å². The number of fused-ring (bicyclic) bond motifs is 2. The molecule has 0 amide bonds. The minimum absolute atomic E-state index is 0.359. The first-order chi connectivity index (χ1) is 12.2. The number of nitrogen functional groups attached to an aromatic ring is 1. The summed E-state index contributed by atoms with van der Waals surface area (Å²) < 4.78 is 3.49. The Labute approximate surface area is 143 Å². The van der Waals surface area contributed by atoms with Crippen molar-refractivity contribution in [3.8, 4) is 11.3 Å². The summed E-state index contributed by atoms with van der Waals surface area (Å²) in [5, 5.41) is 12.1. The Bertz CT molecular complexity index is 1070. The van der Waals surface area contributed by atoms with Crippen LogP contribution in [0.2, 0.25) is 0 Å². The molecule has 1 aliphatic rings. The number of nitrogens with zero attached hydrogens (tertiary/aromatic N) is 6. The van der Waals surface area contributed by atoms with Gasteiger partial charge >= 0.3 is 0 Å². The average Bonchev–Trinajstić information content (AvgIpc) is 3.20. The number of rotatable bonds is 4. The van der Waals surface area contributed by atoms with Crippen molar-refractivity contribution < 1.29 is 0 Å². The molecule has 8 heteroatoms. The maximum Gasteiger partial charge on any atom is 0.243 e. The standard InChI is InChI=1S/C17H18N8/c1-10(11-2-3-11)20-17-22-16(18)15-12(5-8-25(15)23-17)13-6-9-24-14(21-13)4-7-19-24/h4-11H,2-3H2,1H3,(H3,18,20,22,23)/t10-/m1/s1. The number of aromatic nitrogens is 6. The van der Waals surface area contributed by atoms with Crippen LogP contribution in [0, 0.1) is 5.92 Å². The molecule has 8 nitrogen and oxygen atoms in total. The molecule has 0 saturated heterocycles. The Balaban J connectivity index is 1.57. The molecule has 0 bridgehead atoms. The van der Waals surface area contributed by atoms with Crippen LogP contribution in [0.15, 0.2) is 36.8 Å². The van der Waals surface area contributed by atoms with Gasteiger partial charge in [-0.2, -0.15) is 10.1 Å². The lowest BCUT2D eigenvalue weighted by Gasteiger charge is -2.13. The van der Waals surface area contributed by atoms with E-state index in [0.717, 1.165) is 22.4 Å². The van der Waals surface area contributed by atoms with E-state index in [1.165, 1.54) is 12.8 Å². The van der Waals surface area contributed by atoms with Gasteiger partial charge in [0.05, 0.1) is 11.9 Å². The minimum atomic E-state index is 0.359. The van der Waals surface area contributed by atoms with Crippen molar-refractivity contribution in [1.29, 1.82) is 0 Å². The van der Waals surface area contributed by atoms with Gasteiger partial charge in [-0.1, -0.05) is 0 Å². The number of nitrogens with one attached hydrogen (secondary N) is 1. The first-order valence-electron chi connectivity index (χ1n) is 8.41. The fraction of sp³-hybridized carbons (Fsp3) is 0.294. The third-order valence-corrected chi connectivity index (χ3v) is 4.76. The second kappa shape index (κ2) is 5.17. The Hall–Kier alpha value is -3.16. The first-order valence-corrected chi connectivity index (χ1v) is 8.41. The van der Waals surface area contributed by atoms with Crippen molar-refractivity contribution in [2.75, 3.05) is 11.1 Å². The van der Waals surface area contributed by atoms with E-state index in [9.17, 15) is 0 Å². The second-order valence-electron chi connectivity index (χ2n) is 6.56. The molecule has 4 aromatic heterocycles. The van der Waals surface area contributed by atoms with Gasteiger partial charge < -0.3 is 11.1 Å². The fourth-order valence-electron chi connectivity index (χ4n) is 3.20. The molecule has 4 heterocycles. The predicted octanol–water partition coefficient (Wildman–Crippen LogP) is 2.23. The maximum absolute atomic E-state index is 6.24. The summed E-state index contributed by atoms with van der Waals surface area (Å²) in [7, 11) is 0. The molecule has 0 aromatic carbocycles. The number of hydrogen-bond donors (Lipinski definition) is 2. The Morgan fingerprint density at radius 1 is 1.16 bits per heavy atom. The van der Waals surface area contributed by atoms with Crippen molar-refractivity contribution in [3.63, 3.8) is 0 Å². The van der Waals surface area contributed by atoms with Crippen LogP contribution >= 0.6 is 0 Å². The van der Waals surface area contributed by atoms with E-state index < -0.39 is 0 Å². The summed E-state index contributed by atoms with van der Waals surface area (Å²) in [5.74, 6) is 1.72. The number of hydrogen-bond acceptors (Lipinski definition) is 6. The molecular weight excluding hydrogens is 316 g/mol. The molecule has 1 saturated carbocycles. The zero-order valence-corrected chi connectivity index (χ0v) is 13.8. The Kier molecular flexibility index (Phi) is 2.94. The fourth-order valence-corrected chi connectivity index (χ4v) is 3.20. The van der Waals surface area contributed by atoms with E-state index in [4.69, 9.17) is 5.73 Å². The van der Waals surface area contributed by atoms with Gasteiger partial charge in [0.25, 0.3) is 0 Å². The summed E-state index contributed by atoms with van der Waals surface area (Å²) in [6.45, 7) is 2.16. The first kappa shape index (κ1) is 14.2. The monoisotopic (exact) mass is 334 g/mol. The third kappa shape index (κ3) is 2.37. The van der Waals surface area contributed by atoms with E-state index >= 15 is 0 Å². The van der Waals surface area contributed by atoms with Crippen LogP contribution in [-0.2, 0) is 0 Å². The van der Waals surface area contributed by atoms with Gasteiger partial charge in [-0.15, -0.1) is 5.10 Å². The second-order valence-corrected chi connectivity index (χ2v) is 6.56. The van der Waals surface area contributed by atoms with Crippen LogP contribution in [0.4, 0.5) is 11.8 Å². The van der Waals surface area contributed by atoms with Crippen LogP contribution in [0.1, 0.15) is 19.8 Å². The quantitative estimate of drug-likeness (QED) is 0.594. The highest BCUT2D eigenvalue weighted by Gasteiger charge is 2.28. The summed E-state index contributed by atoms with van der Waals surface area (Å²) in [6, 6.07) is 6.10. The summed E-state index contributed by atoms with van der Waals surface area (Å²) in [4.78, 5) is 9.08. The van der Waals surface area contributed by atoms with Crippen molar-refractivity contribution in [1.82, 2.24) is 29.2 Å². The highest BCUT2D eigenvalue weighted by atomic mass is 15.3. The normalized spacial score (nSPS) is 15.7. The van der Waals surface area contributed by atoms with Gasteiger partial charge in [-0.25, -0.2) is 14.0 Å². The smallest absolute Gasteiger partial charge is 0.243 e. The van der Waals surface area contributed by atoms with E-state index in [0.29, 0.717) is 23.7 Å². The highest BCUT2D eigenvalue weighted by Crippen LogP contribution is 2.34. The van der Waals surface area contributed by atoms with Crippen LogP contribution < -0.4 is 11.1 Å². The largest absolute Gasteiger partial charge is 0.382 e. The molecule has 4 aromatic rings. The lowest BCUT2D eigenvalue weighted by atomic mass is 10.2. The zero-order valence-electron chi connectivity index (χ0n) is 13.8. The lowest BCUT2D eigenvalue weighted by molar-refractivity contribution is 0.681. The number of anilines is 2. The van der Waals surface area contributed by atoms with Gasteiger partial charge in [0, 0.05) is 30.1 Å². The van der Waals surface area contributed by atoms with Crippen molar-refractivity contribution in [2.24, 2.45) is 5.92 Å². The molecule has 3 N–H and O–H groups in total. The molecule has 0 radical (unpaired) electrons. The molecule has 0 unspecified atom stereocenters. The van der Waals surface area contributed by atoms with Crippen LogP contribution in [0.5, 0.6) is 0 Å². The van der Waals surface area contributed by atoms with E-state index in [1.54, 1.807) is 15.2 Å². The minimum Gasteiger partial charge on any atom is -0.382 e. The average molecular weight is 334 g/mol.